The van der Waals surface area contributed by atoms with Crippen molar-refractivity contribution >= 4 is 39.8 Å². The lowest BCUT2D eigenvalue weighted by molar-refractivity contribution is -0.126. The van der Waals surface area contributed by atoms with Crippen LogP contribution in [0.2, 0.25) is 0 Å². The molecule has 0 spiro atoms. The van der Waals surface area contributed by atoms with Gasteiger partial charge in [-0.2, -0.15) is 0 Å². The Morgan fingerprint density at radius 1 is 1.21 bits per heavy atom. The molecule has 29 heavy (non-hydrogen) atoms. The van der Waals surface area contributed by atoms with Gasteiger partial charge in [0.2, 0.25) is 11.0 Å². The van der Waals surface area contributed by atoms with Crippen LogP contribution >= 0.6 is 23.1 Å². The average Bonchev–Trinajstić information content (AvgIpc) is 3.07. The summed E-state index contributed by atoms with van der Waals surface area (Å²) < 4.78 is 14.1. The summed E-state index contributed by atoms with van der Waals surface area (Å²) in [5.74, 6) is 2.23. The first-order valence-electron chi connectivity index (χ1n) is 10.3. The van der Waals surface area contributed by atoms with E-state index in [9.17, 15) is 9.18 Å². The molecule has 1 aromatic carbocycles. The van der Waals surface area contributed by atoms with Gasteiger partial charge in [0.15, 0.2) is 4.34 Å². The lowest BCUT2D eigenvalue weighted by Crippen LogP contribution is -2.60. The average molecular weight is 433 g/mol. The molecule has 1 heterocycles. The molecular weight excluding hydrogens is 407 g/mol. The monoisotopic (exact) mass is 432 g/mol. The maximum Gasteiger partial charge on any atom is 0.233 e. The van der Waals surface area contributed by atoms with Gasteiger partial charge in [0.1, 0.15) is 5.82 Å². The number of halogens is 1. The van der Waals surface area contributed by atoms with Gasteiger partial charge in [-0.15, -0.1) is 10.2 Å². The van der Waals surface area contributed by atoms with Crippen LogP contribution in [-0.4, -0.2) is 26.9 Å². The fourth-order valence-corrected chi connectivity index (χ4v) is 7.75. The SMILES string of the molecule is CC(Sc1nnc(Nc2cccc(F)c2)s1)C(=O)NC12CC3CC(CC(C3)C1)C2. The van der Waals surface area contributed by atoms with E-state index >= 15 is 0 Å². The highest BCUT2D eigenvalue weighted by molar-refractivity contribution is 8.02. The van der Waals surface area contributed by atoms with Crippen LogP contribution in [0.3, 0.4) is 0 Å². The van der Waals surface area contributed by atoms with E-state index in [0.29, 0.717) is 10.8 Å². The Kier molecular flexibility index (Phi) is 5.02. The van der Waals surface area contributed by atoms with Gasteiger partial charge in [-0.25, -0.2) is 4.39 Å². The van der Waals surface area contributed by atoms with Gasteiger partial charge in [0.25, 0.3) is 0 Å². The van der Waals surface area contributed by atoms with Crippen LogP contribution in [0.1, 0.15) is 45.4 Å². The standard InChI is InChI=1S/C21H25FN4OS2/c1-12(18(27)24-21-9-13-5-14(10-21)7-15(6-13)11-21)28-20-26-25-19(29-20)23-17-4-2-3-16(22)8-17/h2-4,8,12-15H,5-7,9-11H2,1H3,(H,23,25)(H,24,27). The Bertz CT molecular complexity index is 882. The van der Waals surface area contributed by atoms with Crippen molar-refractivity contribution in [3.63, 3.8) is 0 Å². The van der Waals surface area contributed by atoms with Crippen molar-refractivity contribution < 1.29 is 9.18 Å². The fraction of sp³-hybridized carbons (Fsp3) is 0.571. The van der Waals surface area contributed by atoms with Gasteiger partial charge in [0.05, 0.1) is 5.25 Å². The number of amides is 1. The first-order valence-corrected chi connectivity index (χ1v) is 12.0. The smallest absolute Gasteiger partial charge is 0.233 e. The maximum absolute atomic E-state index is 13.3. The molecule has 4 fully saturated rings. The zero-order valence-corrected chi connectivity index (χ0v) is 18.0. The molecule has 2 aromatic rings. The number of nitrogens with zero attached hydrogens (tertiary/aromatic N) is 2. The predicted octanol–water partition coefficient (Wildman–Crippen LogP) is 4.99. The van der Waals surface area contributed by atoms with Gasteiger partial charge in [-0.3, -0.25) is 4.79 Å². The van der Waals surface area contributed by atoms with Crippen molar-refractivity contribution in [2.24, 2.45) is 17.8 Å². The number of nitrogens with one attached hydrogen (secondary N) is 2. The molecule has 4 aliphatic rings. The third kappa shape index (κ3) is 4.14. The zero-order chi connectivity index (χ0) is 20.0. The second-order valence-electron chi connectivity index (χ2n) is 8.96. The molecule has 1 unspecified atom stereocenters. The van der Waals surface area contributed by atoms with Crippen molar-refractivity contribution in [3.8, 4) is 0 Å². The number of benzene rings is 1. The Hall–Kier alpha value is -1.67. The third-order valence-electron chi connectivity index (χ3n) is 6.56. The number of thioether (sulfide) groups is 1. The van der Waals surface area contributed by atoms with E-state index in [2.05, 4.69) is 20.8 Å². The molecule has 2 N–H and O–H groups in total. The minimum absolute atomic E-state index is 0.0336. The van der Waals surface area contributed by atoms with Gasteiger partial charge >= 0.3 is 0 Å². The van der Waals surface area contributed by atoms with E-state index < -0.39 is 0 Å². The van der Waals surface area contributed by atoms with Crippen LogP contribution in [0.5, 0.6) is 0 Å². The highest BCUT2D eigenvalue weighted by Crippen LogP contribution is 2.55. The molecule has 1 atom stereocenters. The van der Waals surface area contributed by atoms with Crippen LogP contribution in [0.4, 0.5) is 15.2 Å². The number of carbonyl (C=O) groups excluding carboxylic acids is 1. The summed E-state index contributed by atoms with van der Waals surface area (Å²) in [6.45, 7) is 1.93. The van der Waals surface area contributed by atoms with Crippen LogP contribution in [-0.2, 0) is 4.79 Å². The minimum Gasteiger partial charge on any atom is -0.350 e. The highest BCUT2D eigenvalue weighted by atomic mass is 32.2. The largest absolute Gasteiger partial charge is 0.350 e. The van der Waals surface area contributed by atoms with E-state index in [4.69, 9.17) is 0 Å². The molecule has 4 aliphatic carbocycles. The summed E-state index contributed by atoms with van der Waals surface area (Å²) in [5.41, 5.74) is 0.664. The lowest BCUT2D eigenvalue weighted by atomic mass is 9.53. The molecule has 0 radical (unpaired) electrons. The summed E-state index contributed by atoms with van der Waals surface area (Å²) in [5, 5.41) is 15.2. The zero-order valence-electron chi connectivity index (χ0n) is 16.4. The third-order valence-corrected chi connectivity index (χ3v) is 8.58. The molecule has 4 bridgehead atoms. The van der Waals surface area contributed by atoms with E-state index in [1.54, 1.807) is 12.1 Å². The topological polar surface area (TPSA) is 66.9 Å². The van der Waals surface area contributed by atoms with Crippen molar-refractivity contribution in [3.05, 3.63) is 30.1 Å². The Labute approximate surface area is 178 Å². The summed E-state index contributed by atoms with van der Waals surface area (Å²) in [7, 11) is 0. The fourth-order valence-electron chi connectivity index (χ4n) is 5.83. The summed E-state index contributed by atoms with van der Waals surface area (Å²) in [4.78, 5) is 12.9. The molecule has 1 amide bonds. The minimum atomic E-state index is -0.302. The predicted molar refractivity (Wildman–Crippen MR) is 114 cm³/mol. The summed E-state index contributed by atoms with van der Waals surface area (Å²) >= 11 is 2.81. The highest BCUT2D eigenvalue weighted by Gasteiger charge is 2.51. The van der Waals surface area contributed by atoms with Gasteiger partial charge in [-0.05, 0) is 81.4 Å². The quantitative estimate of drug-likeness (QED) is 0.630. The van der Waals surface area contributed by atoms with Crippen molar-refractivity contribution in [2.45, 2.75) is 60.6 Å². The van der Waals surface area contributed by atoms with Crippen LogP contribution < -0.4 is 10.6 Å². The summed E-state index contributed by atoms with van der Waals surface area (Å²) in [6.07, 6.45) is 7.57. The Balaban J connectivity index is 1.19. The molecule has 4 saturated carbocycles. The van der Waals surface area contributed by atoms with E-state index in [1.165, 1.54) is 54.5 Å². The second-order valence-corrected chi connectivity index (χ2v) is 11.5. The lowest BCUT2D eigenvalue weighted by Gasteiger charge is -2.57. The number of carbonyl (C=O) groups is 1. The van der Waals surface area contributed by atoms with Gasteiger partial charge in [-0.1, -0.05) is 29.2 Å². The molecule has 0 saturated heterocycles. The summed E-state index contributed by atoms with van der Waals surface area (Å²) in [6, 6.07) is 6.23. The van der Waals surface area contributed by atoms with E-state index in [-0.39, 0.29) is 22.5 Å². The Morgan fingerprint density at radius 2 is 1.90 bits per heavy atom. The molecule has 6 rings (SSSR count). The number of anilines is 2. The molecule has 8 heteroatoms. The number of hydrogen-bond acceptors (Lipinski definition) is 6. The Morgan fingerprint density at radius 3 is 2.55 bits per heavy atom. The number of aromatic nitrogens is 2. The second kappa shape index (κ2) is 7.54. The van der Waals surface area contributed by atoms with Gasteiger partial charge < -0.3 is 10.6 Å². The normalized spacial score (nSPS) is 30.9. The molecule has 0 aliphatic heterocycles. The van der Waals surface area contributed by atoms with E-state index in [1.807, 2.05) is 6.92 Å². The van der Waals surface area contributed by atoms with Crippen LogP contribution in [0.25, 0.3) is 0 Å². The number of rotatable bonds is 6. The van der Waals surface area contributed by atoms with E-state index in [0.717, 1.165) is 41.4 Å². The first kappa shape index (κ1) is 19.3. The van der Waals surface area contributed by atoms with Crippen molar-refractivity contribution in [2.75, 3.05) is 5.32 Å². The van der Waals surface area contributed by atoms with Crippen molar-refractivity contribution in [1.29, 1.82) is 0 Å². The molecule has 1 aromatic heterocycles. The molecular formula is C21H25FN4OS2. The molecule has 5 nitrogen and oxygen atoms in total. The van der Waals surface area contributed by atoms with Gasteiger partial charge in [0, 0.05) is 11.2 Å². The maximum atomic E-state index is 13.3. The number of hydrogen-bond donors (Lipinski definition) is 2. The van der Waals surface area contributed by atoms with Crippen molar-refractivity contribution in [1.82, 2.24) is 15.5 Å². The first-order chi connectivity index (χ1) is 14.0. The molecule has 154 valence electrons. The van der Waals surface area contributed by atoms with Crippen LogP contribution in [0, 0.1) is 23.6 Å². The van der Waals surface area contributed by atoms with Crippen LogP contribution in [0.15, 0.2) is 28.6 Å².